The molecule has 128 valence electrons. The number of nitrogens with one attached hydrogen (secondary N) is 1. The van der Waals surface area contributed by atoms with Crippen LogP contribution in [-0.4, -0.2) is 0 Å². The smallest absolute Gasteiger partial charge is 0.193 e. The summed E-state index contributed by atoms with van der Waals surface area (Å²) in [5, 5.41) is 4.05. The molecule has 0 atom stereocenters. The van der Waals surface area contributed by atoms with E-state index >= 15 is 0 Å². The van der Waals surface area contributed by atoms with Gasteiger partial charge in [0.15, 0.2) is 5.43 Å². The van der Waals surface area contributed by atoms with Gasteiger partial charge in [-0.2, -0.15) is 0 Å². The second kappa shape index (κ2) is 7.38. The van der Waals surface area contributed by atoms with E-state index < -0.39 is 0 Å². The van der Waals surface area contributed by atoms with Crippen LogP contribution in [0.15, 0.2) is 94.1 Å². The third kappa shape index (κ3) is 3.58. The number of benzene rings is 3. The number of hydrogen-bond donors (Lipinski definition) is 1. The van der Waals surface area contributed by atoms with Gasteiger partial charge in [0.05, 0.1) is 5.39 Å². The van der Waals surface area contributed by atoms with Gasteiger partial charge in [-0.15, -0.1) is 0 Å². The van der Waals surface area contributed by atoms with Gasteiger partial charge in [-0.1, -0.05) is 60.7 Å². The summed E-state index contributed by atoms with van der Waals surface area (Å²) in [4.78, 5) is 12.3. The van der Waals surface area contributed by atoms with Crippen LogP contribution in [0.1, 0.15) is 11.1 Å². The molecular weight excluding hydrogens is 322 g/mol. The minimum atomic E-state index is -0.0190. The molecule has 0 aliphatic rings. The van der Waals surface area contributed by atoms with Crippen molar-refractivity contribution in [3.8, 4) is 11.3 Å². The van der Waals surface area contributed by atoms with Gasteiger partial charge in [-0.05, 0) is 29.3 Å². The monoisotopic (exact) mass is 341 g/mol. The molecule has 0 saturated carbocycles. The fourth-order valence-electron chi connectivity index (χ4n) is 3.03. The molecule has 0 spiro atoms. The highest BCUT2D eigenvalue weighted by molar-refractivity contribution is 5.78. The highest BCUT2D eigenvalue weighted by Gasteiger charge is 2.07. The fraction of sp³-hybridized carbons (Fsp3) is 0.0870. The van der Waals surface area contributed by atoms with Crippen molar-refractivity contribution in [2.45, 2.75) is 13.1 Å². The zero-order valence-electron chi connectivity index (χ0n) is 14.3. The molecule has 1 heterocycles. The predicted molar refractivity (Wildman–Crippen MR) is 105 cm³/mol. The van der Waals surface area contributed by atoms with Crippen molar-refractivity contribution >= 4 is 11.0 Å². The SMILES string of the molecule is O=c1cc(-c2cccc(CNCc3ccccc3)c2)oc2ccccc12. The van der Waals surface area contributed by atoms with Crippen LogP contribution in [0.3, 0.4) is 0 Å². The first-order valence-electron chi connectivity index (χ1n) is 8.66. The summed E-state index contributed by atoms with van der Waals surface area (Å²) in [6.45, 7) is 1.57. The van der Waals surface area contributed by atoms with Gasteiger partial charge in [-0.3, -0.25) is 4.79 Å². The van der Waals surface area contributed by atoms with Gasteiger partial charge in [0.1, 0.15) is 11.3 Å². The Kier molecular flexibility index (Phi) is 4.63. The van der Waals surface area contributed by atoms with E-state index in [0.717, 1.165) is 24.2 Å². The normalized spacial score (nSPS) is 10.9. The maximum atomic E-state index is 12.3. The van der Waals surface area contributed by atoms with Crippen molar-refractivity contribution in [1.82, 2.24) is 5.32 Å². The molecule has 0 bridgehead atoms. The molecule has 0 unspecified atom stereocenters. The lowest BCUT2D eigenvalue weighted by atomic mass is 10.1. The quantitative estimate of drug-likeness (QED) is 0.569. The largest absolute Gasteiger partial charge is 0.456 e. The zero-order chi connectivity index (χ0) is 17.8. The van der Waals surface area contributed by atoms with Crippen molar-refractivity contribution < 1.29 is 4.42 Å². The molecule has 4 aromatic rings. The Morgan fingerprint density at radius 2 is 1.46 bits per heavy atom. The number of rotatable bonds is 5. The van der Waals surface area contributed by atoms with E-state index in [0.29, 0.717) is 16.7 Å². The van der Waals surface area contributed by atoms with Crippen LogP contribution >= 0.6 is 0 Å². The van der Waals surface area contributed by atoms with Crippen LogP contribution in [0, 0.1) is 0 Å². The Balaban J connectivity index is 1.55. The molecule has 3 nitrogen and oxygen atoms in total. The Morgan fingerprint density at radius 3 is 2.35 bits per heavy atom. The minimum Gasteiger partial charge on any atom is -0.456 e. The predicted octanol–water partition coefficient (Wildman–Crippen LogP) is 4.75. The Labute approximate surface area is 151 Å². The van der Waals surface area contributed by atoms with Crippen LogP contribution in [0.4, 0.5) is 0 Å². The summed E-state index contributed by atoms with van der Waals surface area (Å²) in [6.07, 6.45) is 0. The lowest BCUT2D eigenvalue weighted by Gasteiger charge is -2.08. The maximum absolute atomic E-state index is 12.3. The van der Waals surface area contributed by atoms with E-state index in [1.807, 2.05) is 48.5 Å². The molecule has 26 heavy (non-hydrogen) atoms. The van der Waals surface area contributed by atoms with Gasteiger partial charge >= 0.3 is 0 Å². The first kappa shape index (κ1) is 16.3. The van der Waals surface area contributed by atoms with Crippen molar-refractivity contribution in [2.24, 2.45) is 0 Å². The highest BCUT2D eigenvalue weighted by atomic mass is 16.3. The molecule has 3 heteroatoms. The molecule has 0 aliphatic carbocycles. The van der Waals surface area contributed by atoms with E-state index in [9.17, 15) is 4.79 Å². The van der Waals surface area contributed by atoms with Gasteiger partial charge in [0.25, 0.3) is 0 Å². The summed E-state index contributed by atoms with van der Waals surface area (Å²) < 4.78 is 5.94. The molecule has 0 radical (unpaired) electrons. The third-order valence-electron chi connectivity index (χ3n) is 4.35. The summed E-state index contributed by atoms with van der Waals surface area (Å²) in [7, 11) is 0. The van der Waals surface area contributed by atoms with Crippen LogP contribution < -0.4 is 10.7 Å². The molecular formula is C23H19NO2. The third-order valence-corrected chi connectivity index (χ3v) is 4.35. The van der Waals surface area contributed by atoms with Crippen molar-refractivity contribution in [1.29, 1.82) is 0 Å². The Bertz CT molecular complexity index is 1080. The number of fused-ring (bicyclic) bond motifs is 1. The molecule has 0 amide bonds. The lowest BCUT2D eigenvalue weighted by molar-refractivity contribution is 0.618. The number of hydrogen-bond acceptors (Lipinski definition) is 3. The van der Waals surface area contributed by atoms with E-state index in [2.05, 4.69) is 29.6 Å². The van der Waals surface area contributed by atoms with E-state index in [4.69, 9.17) is 4.42 Å². The van der Waals surface area contributed by atoms with Crippen molar-refractivity contribution in [2.75, 3.05) is 0 Å². The topological polar surface area (TPSA) is 42.2 Å². The van der Waals surface area contributed by atoms with Crippen LogP contribution in [-0.2, 0) is 13.1 Å². The van der Waals surface area contributed by atoms with Gasteiger partial charge in [0.2, 0.25) is 0 Å². The van der Waals surface area contributed by atoms with Crippen LogP contribution in [0.2, 0.25) is 0 Å². The fourth-order valence-corrected chi connectivity index (χ4v) is 3.03. The van der Waals surface area contributed by atoms with E-state index in [-0.39, 0.29) is 5.43 Å². The van der Waals surface area contributed by atoms with Gasteiger partial charge < -0.3 is 9.73 Å². The van der Waals surface area contributed by atoms with Crippen molar-refractivity contribution in [3.63, 3.8) is 0 Å². The van der Waals surface area contributed by atoms with Gasteiger partial charge in [-0.25, -0.2) is 0 Å². The average Bonchev–Trinajstić information content (AvgIpc) is 2.69. The van der Waals surface area contributed by atoms with Crippen LogP contribution in [0.25, 0.3) is 22.3 Å². The first-order chi connectivity index (χ1) is 12.8. The summed E-state index contributed by atoms with van der Waals surface area (Å²) >= 11 is 0. The molecule has 1 N–H and O–H groups in total. The zero-order valence-corrected chi connectivity index (χ0v) is 14.3. The van der Waals surface area contributed by atoms with Gasteiger partial charge in [0, 0.05) is 24.7 Å². The highest BCUT2D eigenvalue weighted by Crippen LogP contribution is 2.23. The second-order valence-electron chi connectivity index (χ2n) is 6.26. The molecule has 3 aromatic carbocycles. The number of para-hydroxylation sites is 1. The molecule has 0 aliphatic heterocycles. The minimum absolute atomic E-state index is 0.0190. The standard InChI is InChI=1S/C23H19NO2/c25-21-14-23(26-22-12-5-4-11-20(21)22)19-10-6-9-18(13-19)16-24-15-17-7-2-1-3-8-17/h1-14,24H,15-16H2. The molecule has 0 fully saturated rings. The average molecular weight is 341 g/mol. The maximum Gasteiger partial charge on any atom is 0.193 e. The molecule has 4 rings (SSSR count). The van der Waals surface area contributed by atoms with Crippen LogP contribution in [0.5, 0.6) is 0 Å². The Hall–Kier alpha value is -3.17. The summed E-state index contributed by atoms with van der Waals surface area (Å²) in [5.74, 6) is 0.596. The summed E-state index contributed by atoms with van der Waals surface area (Å²) in [5.41, 5.74) is 3.90. The van der Waals surface area contributed by atoms with E-state index in [1.165, 1.54) is 5.56 Å². The summed E-state index contributed by atoms with van der Waals surface area (Å²) in [6, 6.07) is 27.3. The van der Waals surface area contributed by atoms with E-state index in [1.54, 1.807) is 12.1 Å². The lowest BCUT2D eigenvalue weighted by Crippen LogP contribution is -2.12. The molecule has 0 saturated heterocycles. The first-order valence-corrected chi connectivity index (χ1v) is 8.66. The van der Waals surface area contributed by atoms with Crippen molar-refractivity contribution in [3.05, 3.63) is 106 Å². The Morgan fingerprint density at radius 1 is 0.731 bits per heavy atom. The second-order valence-corrected chi connectivity index (χ2v) is 6.26. The molecule has 1 aromatic heterocycles.